The standard InChI is InChI=1S/C20H23N3O3S2/c1-6-17-22-14(11-27-17)10-23(3)20(24)18-12(2)21-19(28-18)13-7-8-15(25-4)16(9-13)26-5/h7-9,11H,6,10H2,1-5H3. The van der Waals surface area contributed by atoms with Gasteiger partial charge in [0.25, 0.3) is 5.91 Å². The summed E-state index contributed by atoms with van der Waals surface area (Å²) in [6, 6.07) is 5.63. The van der Waals surface area contributed by atoms with Gasteiger partial charge in [0.15, 0.2) is 11.5 Å². The molecule has 0 spiro atoms. The number of carbonyl (C=O) groups excluding carboxylic acids is 1. The molecular formula is C20H23N3O3S2. The van der Waals surface area contributed by atoms with E-state index >= 15 is 0 Å². The number of aromatic nitrogens is 2. The Bertz CT molecular complexity index is 981. The largest absolute Gasteiger partial charge is 0.493 e. The molecule has 0 aliphatic carbocycles. The fraction of sp³-hybridized carbons (Fsp3) is 0.350. The summed E-state index contributed by atoms with van der Waals surface area (Å²) in [4.78, 5) is 24.4. The van der Waals surface area contributed by atoms with Crippen molar-refractivity contribution < 1.29 is 14.3 Å². The summed E-state index contributed by atoms with van der Waals surface area (Å²) in [6.07, 6.45) is 0.908. The molecule has 0 atom stereocenters. The smallest absolute Gasteiger partial charge is 0.265 e. The van der Waals surface area contributed by atoms with Crippen molar-refractivity contribution in [3.05, 3.63) is 44.9 Å². The van der Waals surface area contributed by atoms with Crippen LogP contribution in [0.15, 0.2) is 23.6 Å². The van der Waals surface area contributed by atoms with Crippen LogP contribution in [-0.4, -0.2) is 42.0 Å². The Balaban J connectivity index is 1.82. The Morgan fingerprint density at radius 2 is 1.93 bits per heavy atom. The van der Waals surface area contributed by atoms with Crippen LogP contribution >= 0.6 is 22.7 Å². The van der Waals surface area contributed by atoms with E-state index in [4.69, 9.17) is 9.47 Å². The molecule has 0 unspecified atom stereocenters. The van der Waals surface area contributed by atoms with E-state index in [0.29, 0.717) is 22.9 Å². The van der Waals surface area contributed by atoms with E-state index in [0.717, 1.165) is 33.4 Å². The third-order valence-corrected chi connectivity index (χ3v) is 6.51. The Morgan fingerprint density at radius 3 is 2.57 bits per heavy atom. The first kappa shape index (κ1) is 20.3. The lowest BCUT2D eigenvalue weighted by molar-refractivity contribution is 0.0787. The van der Waals surface area contributed by atoms with E-state index in [2.05, 4.69) is 16.9 Å². The van der Waals surface area contributed by atoms with Crippen molar-refractivity contribution in [2.24, 2.45) is 0 Å². The average Bonchev–Trinajstić information content (AvgIpc) is 3.33. The van der Waals surface area contributed by atoms with Crippen molar-refractivity contribution in [2.75, 3.05) is 21.3 Å². The van der Waals surface area contributed by atoms with Gasteiger partial charge >= 0.3 is 0 Å². The minimum Gasteiger partial charge on any atom is -0.493 e. The van der Waals surface area contributed by atoms with Gasteiger partial charge in [0, 0.05) is 18.0 Å². The lowest BCUT2D eigenvalue weighted by Gasteiger charge is -2.15. The van der Waals surface area contributed by atoms with E-state index in [1.54, 1.807) is 37.5 Å². The summed E-state index contributed by atoms with van der Waals surface area (Å²) in [7, 11) is 4.99. The quantitative estimate of drug-likeness (QED) is 0.569. The minimum absolute atomic E-state index is 0.0484. The molecule has 0 fully saturated rings. The summed E-state index contributed by atoms with van der Waals surface area (Å²) in [5.41, 5.74) is 2.53. The second-order valence-electron chi connectivity index (χ2n) is 6.25. The Kier molecular flexibility index (Phi) is 6.31. The Morgan fingerprint density at radius 1 is 1.18 bits per heavy atom. The number of benzene rings is 1. The van der Waals surface area contributed by atoms with Crippen LogP contribution in [0.25, 0.3) is 10.6 Å². The van der Waals surface area contributed by atoms with Gasteiger partial charge in [0.1, 0.15) is 9.88 Å². The number of hydrogen-bond acceptors (Lipinski definition) is 7. The van der Waals surface area contributed by atoms with Crippen LogP contribution in [0.3, 0.4) is 0 Å². The zero-order valence-electron chi connectivity index (χ0n) is 16.6. The first-order chi connectivity index (χ1) is 13.5. The van der Waals surface area contributed by atoms with Crippen LogP contribution in [0.5, 0.6) is 11.5 Å². The fourth-order valence-electron chi connectivity index (χ4n) is 2.76. The predicted molar refractivity (Wildman–Crippen MR) is 113 cm³/mol. The van der Waals surface area contributed by atoms with Crippen molar-refractivity contribution in [1.82, 2.24) is 14.9 Å². The first-order valence-electron chi connectivity index (χ1n) is 8.85. The molecule has 0 aliphatic heterocycles. The minimum atomic E-state index is -0.0484. The molecule has 6 nitrogen and oxygen atoms in total. The molecule has 2 aromatic heterocycles. The van der Waals surface area contributed by atoms with Crippen LogP contribution in [-0.2, 0) is 13.0 Å². The number of methoxy groups -OCH3 is 2. The lowest BCUT2D eigenvalue weighted by Crippen LogP contribution is -2.26. The monoisotopic (exact) mass is 417 g/mol. The molecule has 0 saturated heterocycles. The Labute approximate surface area is 172 Å². The SMILES string of the molecule is CCc1nc(CN(C)C(=O)c2sc(-c3ccc(OC)c(OC)c3)nc2C)cs1. The lowest BCUT2D eigenvalue weighted by atomic mass is 10.2. The zero-order chi connectivity index (χ0) is 20.3. The van der Waals surface area contributed by atoms with E-state index in [1.165, 1.54) is 11.3 Å². The van der Waals surface area contributed by atoms with Gasteiger partial charge in [-0.2, -0.15) is 0 Å². The number of aryl methyl sites for hydroxylation is 2. The van der Waals surface area contributed by atoms with Crippen molar-refractivity contribution in [3.8, 4) is 22.1 Å². The second-order valence-corrected chi connectivity index (χ2v) is 8.19. The van der Waals surface area contributed by atoms with Gasteiger partial charge in [-0.25, -0.2) is 9.97 Å². The van der Waals surface area contributed by atoms with Gasteiger partial charge < -0.3 is 14.4 Å². The summed E-state index contributed by atoms with van der Waals surface area (Å²) in [5, 5.41) is 3.87. The molecule has 28 heavy (non-hydrogen) atoms. The molecule has 0 bridgehead atoms. The third-order valence-electron chi connectivity index (χ3n) is 4.27. The number of thiazole rings is 2. The molecule has 8 heteroatoms. The van der Waals surface area contributed by atoms with Gasteiger partial charge in [-0.3, -0.25) is 4.79 Å². The maximum Gasteiger partial charge on any atom is 0.265 e. The highest BCUT2D eigenvalue weighted by atomic mass is 32.1. The third kappa shape index (κ3) is 4.18. The second kappa shape index (κ2) is 8.70. The molecule has 2 heterocycles. The van der Waals surface area contributed by atoms with E-state index < -0.39 is 0 Å². The zero-order valence-corrected chi connectivity index (χ0v) is 18.2. The highest BCUT2D eigenvalue weighted by Gasteiger charge is 2.21. The maximum atomic E-state index is 12.9. The van der Waals surface area contributed by atoms with Crippen LogP contribution in [0, 0.1) is 6.92 Å². The first-order valence-corrected chi connectivity index (χ1v) is 10.5. The number of amides is 1. The number of nitrogens with zero attached hydrogens (tertiary/aromatic N) is 3. The van der Waals surface area contributed by atoms with Gasteiger partial charge in [0.05, 0.1) is 37.2 Å². The number of hydrogen-bond donors (Lipinski definition) is 0. The highest BCUT2D eigenvalue weighted by Crippen LogP contribution is 2.35. The molecule has 148 valence electrons. The van der Waals surface area contributed by atoms with Crippen LogP contribution < -0.4 is 9.47 Å². The predicted octanol–water partition coefficient (Wildman–Crippen LogP) is 4.43. The molecule has 0 N–H and O–H groups in total. The molecule has 0 radical (unpaired) electrons. The summed E-state index contributed by atoms with van der Waals surface area (Å²) >= 11 is 3.01. The maximum absolute atomic E-state index is 12.9. The van der Waals surface area contributed by atoms with Crippen molar-refractivity contribution >= 4 is 28.6 Å². The summed E-state index contributed by atoms with van der Waals surface area (Å²) < 4.78 is 10.7. The van der Waals surface area contributed by atoms with Crippen molar-refractivity contribution in [1.29, 1.82) is 0 Å². The Hall–Kier alpha value is -2.45. The average molecular weight is 418 g/mol. The summed E-state index contributed by atoms with van der Waals surface area (Å²) in [6.45, 7) is 4.42. The van der Waals surface area contributed by atoms with Gasteiger partial charge in [0.2, 0.25) is 0 Å². The molecule has 3 aromatic rings. The van der Waals surface area contributed by atoms with E-state index in [-0.39, 0.29) is 5.91 Å². The van der Waals surface area contributed by atoms with Gasteiger partial charge in [-0.05, 0) is 31.5 Å². The summed E-state index contributed by atoms with van der Waals surface area (Å²) in [5.74, 6) is 1.24. The van der Waals surface area contributed by atoms with E-state index in [1.807, 2.05) is 30.5 Å². The molecule has 1 amide bonds. The number of carbonyl (C=O) groups is 1. The molecule has 3 rings (SSSR count). The number of rotatable bonds is 7. The fourth-order valence-corrected chi connectivity index (χ4v) is 4.55. The van der Waals surface area contributed by atoms with E-state index in [9.17, 15) is 4.79 Å². The van der Waals surface area contributed by atoms with Gasteiger partial charge in [-0.1, -0.05) is 6.92 Å². The topological polar surface area (TPSA) is 64.6 Å². The molecule has 0 saturated carbocycles. The van der Waals surface area contributed by atoms with Crippen LogP contribution in [0.2, 0.25) is 0 Å². The van der Waals surface area contributed by atoms with Crippen LogP contribution in [0.1, 0.15) is 33.0 Å². The van der Waals surface area contributed by atoms with Gasteiger partial charge in [-0.15, -0.1) is 22.7 Å². The number of ether oxygens (including phenoxy) is 2. The van der Waals surface area contributed by atoms with Crippen molar-refractivity contribution in [3.63, 3.8) is 0 Å². The van der Waals surface area contributed by atoms with Crippen LogP contribution in [0.4, 0.5) is 0 Å². The highest BCUT2D eigenvalue weighted by molar-refractivity contribution is 7.17. The molecule has 1 aromatic carbocycles. The van der Waals surface area contributed by atoms with Crippen molar-refractivity contribution in [2.45, 2.75) is 26.8 Å². The molecular weight excluding hydrogens is 394 g/mol. The normalized spacial score (nSPS) is 10.8. The molecule has 0 aliphatic rings.